The van der Waals surface area contributed by atoms with Crippen molar-refractivity contribution in [2.24, 2.45) is 11.5 Å². The number of ketones is 2. The Bertz CT molecular complexity index is 1450. The number of amides is 2. The van der Waals surface area contributed by atoms with E-state index in [4.69, 9.17) is 11.5 Å². The Balaban J connectivity index is 1.33. The summed E-state index contributed by atoms with van der Waals surface area (Å²) in [7, 11) is 0. The molecule has 0 aliphatic rings. The van der Waals surface area contributed by atoms with Gasteiger partial charge < -0.3 is 31.9 Å². The molecule has 0 atom stereocenters. The average molecular weight is 705 g/mol. The van der Waals surface area contributed by atoms with Gasteiger partial charge in [0.05, 0.1) is 26.2 Å². The van der Waals surface area contributed by atoms with Crippen LogP contribution >= 0.6 is 0 Å². The molecule has 0 saturated carbocycles. The average Bonchev–Trinajstić information content (AvgIpc) is 3.19. The van der Waals surface area contributed by atoms with E-state index < -0.39 is 11.6 Å². The quantitative estimate of drug-likeness (QED) is 0.0860. The van der Waals surface area contributed by atoms with Crippen LogP contribution in [0.1, 0.15) is 46.9 Å². The van der Waals surface area contributed by atoms with Gasteiger partial charge in [-0.1, -0.05) is 121 Å². The highest BCUT2D eigenvalue weighted by molar-refractivity contribution is 6.39. The monoisotopic (exact) mass is 704 g/mol. The van der Waals surface area contributed by atoms with Crippen LogP contribution in [-0.4, -0.2) is 98.6 Å². The maximum absolute atomic E-state index is 13.4. The van der Waals surface area contributed by atoms with E-state index in [0.717, 1.165) is 22.3 Å². The Kier molecular flexibility index (Phi) is 16.9. The van der Waals surface area contributed by atoms with E-state index in [1.807, 2.05) is 72.8 Å². The van der Waals surface area contributed by atoms with E-state index >= 15 is 0 Å². The number of carbonyl (C=O) groups excluding carboxylic acids is 4. The van der Waals surface area contributed by atoms with Gasteiger partial charge in [0.1, 0.15) is 0 Å². The minimum Gasteiger partial charge on any atom is -0.334 e. The van der Waals surface area contributed by atoms with Crippen LogP contribution in [0.15, 0.2) is 121 Å². The SMILES string of the molecule is NCCCN(CC(=O)C(=O)CN(CCCN)C(=O)CNCC(c1ccccc1)c1ccccc1)C(=O)CNCC(c1ccccc1)c1ccccc1. The van der Waals surface area contributed by atoms with E-state index in [2.05, 4.69) is 59.2 Å². The summed E-state index contributed by atoms with van der Waals surface area (Å²) in [6, 6.07) is 40.2. The molecule has 0 heterocycles. The molecule has 0 saturated heterocycles. The largest absolute Gasteiger partial charge is 0.334 e. The summed E-state index contributed by atoms with van der Waals surface area (Å²) in [4.78, 5) is 56.0. The first-order valence-electron chi connectivity index (χ1n) is 18.0. The predicted molar refractivity (Wildman–Crippen MR) is 206 cm³/mol. The summed E-state index contributed by atoms with van der Waals surface area (Å²) in [5, 5.41) is 6.54. The van der Waals surface area contributed by atoms with Gasteiger partial charge in [0.2, 0.25) is 23.4 Å². The van der Waals surface area contributed by atoms with Gasteiger partial charge in [0.25, 0.3) is 0 Å². The van der Waals surface area contributed by atoms with Gasteiger partial charge in [-0.2, -0.15) is 0 Å². The van der Waals surface area contributed by atoms with Crippen LogP contribution in [0.3, 0.4) is 0 Å². The van der Waals surface area contributed by atoms with Crippen molar-refractivity contribution >= 4 is 23.4 Å². The van der Waals surface area contributed by atoms with Crippen LogP contribution < -0.4 is 22.1 Å². The van der Waals surface area contributed by atoms with Crippen LogP contribution in [0.5, 0.6) is 0 Å². The Labute approximate surface area is 307 Å². The number of nitrogens with zero attached hydrogens (tertiary/aromatic N) is 2. The van der Waals surface area contributed by atoms with Gasteiger partial charge in [-0.05, 0) is 48.2 Å². The van der Waals surface area contributed by atoms with Crippen LogP contribution in [0, 0.1) is 0 Å². The highest BCUT2D eigenvalue weighted by Gasteiger charge is 2.26. The third-order valence-electron chi connectivity index (χ3n) is 9.01. The summed E-state index contributed by atoms with van der Waals surface area (Å²) >= 11 is 0. The first kappa shape index (κ1) is 39.8. The second kappa shape index (κ2) is 22.0. The van der Waals surface area contributed by atoms with Gasteiger partial charge in [-0.25, -0.2) is 0 Å². The Morgan fingerprint density at radius 2 is 0.769 bits per heavy atom. The molecule has 10 nitrogen and oxygen atoms in total. The fourth-order valence-corrected chi connectivity index (χ4v) is 6.14. The summed E-state index contributed by atoms with van der Waals surface area (Å²) < 4.78 is 0. The molecule has 52 heavy (non-hydrogen) atoms. The van der Waals surface area contributed by atoms with Crippen LogP contribution in [0.4, 0.5) is 0 Å². The molecule has 4 aromatic carbocycles. The Morgan fingerprint density at radius 3 is 1.04 bits per heavy atom. The molecule has 0 radical (unpaired) electrons. The Hall–Kier alpha value is -5.00. The molecular formula is C42H52N6O4. The van der Waals surface area contributed by atoms with Crippen LogP contribution in [0.25, 0.3) is 0 Å². The fraction of sp³-hybridized carbons (Fsp3) is 0.333. The minimum atomic E-state index is -0.733. The molecule has 274 valence electrons. The van der Waals surface area contributed by atoms with E-state index in [-0.39, 0.29) is 62.9 Å². The highest BCUT2D eigenvalue weighted by Crippen LogP contribution is 2.24. The van der Waals surface area contributed by atoms with Gasteiger partial charge in [-0.3, -0.25) is 19.2 Å². The normalized spacial score (nSPS) is 11.1. The van der Waals surface area contributed by atoms with Crippen molar-refractivity contribution in [2.45, 2.75) is 24.7 Å². The van der Waals surface area contributed by atoms with Gasteiger partial charge in [0.15, 0.2) is 0 Å². The van der Waals surface area contributed by atoms with Crippen molar-refractivity contribution in [1.29, 1.82) is 0 Å². The topological polar surface area (TPSA) is 151 Å². The third-order valence-corrected chi connectivity index (χ3v) is 9.01. The zero-order valence-electron chi connectivity index (χ0n) is 29.9. The molecule has 0 unspecified atom stereocenters. The standard InChI is InChI=1S/C42H52N6O4/c43-23-13-25-47(41(51)29-45-27-37(33-15-5-1-6-16-33)34-17-7-2-8-18-34)31-39(49)40(50)32-48(26-14-24-44)42(52)30-46-28-38(35-19-9-3-10-20-35)36-21-11-4-12-22-36/h1-12,15-22,37-38,45-46H,13-14,23-32,43-44H2. The first-order valence-corrected chi connectivity index (χ1v) is 18.0. The van der Waals surface area contributed by atoms with Crippen LogP contribution in [-0.2, 0) is 19.2 Å². The maximum Gasteiger partial charge on any atom is 0.236 e. The molecule has 2 amide bonds. The lowest BCUT2D eigenvalue weighted by atomic mass is 9.91. The van der Waals surface area contributed by atoms with Crippen molar-refractivity contribution in [1.82, 2.24) is 20.4 Å². The molecule has 0 aliphatic heterocycles. The molecule has 0 fully saturated rings. The molecule has 4 rings (SSSR count). The summed E-state index contributed by atoms with van der Waals surface area (Å²) in [5.74, 6) is -2.04. The van der Waals surface area contributed by atoms with E-state index in [0.29, 0.717) is 39.0 Å². The number of nitrogens with two attached hydrogens (primary N) is 2. The second-order valence-electron chi connectivity index (χ2n) is 12.8. The lowest BCUT2D eigenvalue weighted by Crippen LogP contribution is -2.47. The van der Waals surface area contributed by atoms with Crippen molar-refractivity contribution in [3.8, 4) is 0 Å². The van der Waals surface area contributed by atoms with Crippen molar-refractivity contribution in [3.05, 3.63) is 144 Å². The molecule has 0 spiro atoms. The zero-order valence-corrected chi connectivity index (χ0v) is 29.9. The summed E-state index contributed by atoms with van der Waals surface area (Å²) in [5.41, 5.74) is 15.9. The molecule has 0 bridgehead atoms. The van der Waals surface area contributed by atoms with E-state index in [9.17, 15) is 19.2 Å². The number of nitrogens with one attached hydrogen (secondary N) is 2. The lowest BCUT2D eigenvalue weighted by Gasteiger charge is -2.25. The van der Waals surface area contributed by atoms with Gasteiger partial charge >= 0.3 is 0 Å². The van der Waals surface area contributed by atoms with Crippen molar-refractivity contribution in [3.63, 3.8) is 0 Å². The smallest absolute Gasteiger partial charge is 0.236 e. The number of hydrogen-bond acceptors (Lipinski definition) is 8. The number of Topliss-reactive ketones (excluding diaryl/α,β-unsaturated/α-hetero) is 2. The second-order valence-corrected chi connectivity index (χ2v) is 12.8. The van der Waals surface area contributed by atoms with Gasteiger partial charge in [0, 0.05) is 38.0 Å². The molecule has 10 heteroatoms. The Morgan fingerprint density at radius 1 is 0.481 bits per heavy atom. The van der Waals surface area contributed by atoms with E-state index in [1.165, 1.54) is 9.80 Å². The van der Waals surface area contributed by atoms with Crippen LogP contribution in [0.2, 0.25) is 0 Å². The highest BCUT2D eigenvalue weighted by atomic mass is 16.2. The number of rotatable bonds is 23. The summed E-state index contributed by atoms with van der Waals surface area (Å²) in [6.45, 7) is 1.34. The molecule has 0 aliphatic carbocycles. The number of benzene rings is 4. The third kappa shape index (κ3) is 12.6. The molecule has 0 aromatic heterocycles. The minimum absolute atomic E-state index is 0.0120. The molecule has 4 aromatic rings. The van der Waals surface area contributed by atoms with Gasteiger partial charge in [-0.15, -0.1) is 0 Å². The predicted octanol–water partition coefficient (Wildman–Crippen LogP) is 3.32. The maximum atomic E-state index is 13.4. The molecule has 6 N–H and O–H groups in total. The zero-order chi connectivity index (χ0) is 37.0. The van der Waals surface area contributed by atoms with Crippen molar-refractivity contribution < 1.29 is 19.2 Å². The van der Waals surface area contributed by atoms with Crippen molar-refractivity contribution in [2.75, 3.05) is 65.4 Å². The van der Waals surface area contributed by atoms with E-state index in [1.54, 1.807) is 0 Å². The first-order chi connectivity index (χ1) is 25.4. The number of carbonyl (C=O) groups is 4. The fourth-order valence-electron chi connectivity index (χ4n) is 6.14. The molecular weight excluding hydrogens is 652 g/mol. The lowest BCUT2D eigenvalue weighted by molar-refractivity contribution is -0.143. The summed E-state index contributed by atoms with van der Waals surface area (Å²) in [6.07, 6.45) is 0.952. The number of hydrogen-bond donors (Lipinski definition) is 4.